The minimum absolute atomic E-state index is 0.00582. The average Bonchev–Trinajstić information content (AvgIpc) is 2.48. The first-order chi connectivity index (χ1) is 11.0. The SMILES string of the molecule is CCCCCCCCCC(=O)OCCCCCCCC(C)(C)C. The molecule has 0 saturated heterocycles. The van der Waals surface area contributed by atoms with Gasteiger partial charge in [0.25, 0.3) is 0 Å². The number of hydrogen-bond donors (Lipinski definition) is 0. The highest BCUT2D eigenvalue weighted by Gasteiger charge is 2.08. The van der Waals surface area contributed by atoms with E-state index in [4.69, 9.17) is 4.74 Å². The highest BCUT2D eigenvalue weighted by molar-refractivity contribution is 5.69. The van der Waals surface area contributed by atoms with Gasteiger partial charge >= 0.3 is 5.97 Å². The van der Waals surface area contributed by atoms with Gasteiger partial charge in [0.15, 0.2) is 0 Å². The van der Waals surface area contributed by atoms with Crippen molar-refractivity contribution in [3.8, 4) is 0 Å². The Morgan fingerprint density at radius 1 is 0.739 bits per heavy atom. The van der Waals surface area contributed by atoms with Gasteiger partial charge in [-0.2, -0.15) is 0 Å². The summed E-state index contributed by atoms with van der Waals surface area (Å²) in [5.41, 5.74) is 0.464. The summed E-state index contributed by atoms with van der Waals surface area (Å²) < 4.78 is 5.31. The lowest BCUT2D eigenvalue weighted by Gasteiger charge is -2.17. The Bertz CT molecular complexity index is 266. The van der Waals surface area contributed by atoms with Crippen molar-refractivity contribution in [2.24, 2.45) is 5.41 Å². The number of carbonyl (C=O) groups excluding carboxylic acids is 1. The summed E-state index contributed by atoms with van der Waals surface area (Å²) in [4.78, 5) is 11.6. The van der Waals surface area contributed by atoms with Crippen molar-refractivity contribution in [3.63, 3.8) is 0 Å². The highest BCUT2D eigenvalue weighted by atomic mass is 16.5. The molecular weight excluding hydrogens is 284 g/mol. The van der Waals surface area contributed by atoms with E-state index >= 15 is 0 Å². The van der Waals surface area contributed by atoms with Crippen molar-refractivity contribution in [3.05, 3.63) is 0 Å². The molecule has 0 bridgehead atoms. The molecule has 2 heteroatoms. The number of hydrogen-bond acceptors (Lipinski definition) is 2. The van der Waals surface area contributed by atoms with E-state index in [0.29, 0.717) is 18.4 Å². The monoisotopic (exact) mass is 326 g/mol. The zero-order valence-corrected chi connectivity index (χ0v) is 16.4. The summed E-state index contributed by atoms with van der Waals surface area (Å²) in [5, 5.41) is 0. The quantitative estimate of drug-likeness (QED) is 0.238. The lowest BCUT2D eigenvalue weighted by atomic mass is 9.89. The molecule has 2 nitrogen and oxygen atoms in total. The third kappa shape index (κ3) is 19.4. The van der Waals surface area contributed by atoms with Crippen LogP contribution in [0.4, 0.5) is 0 Å². The largest absolute Gasteiger partial charge is 0.466 e. The molecule has 0 spiro atoms. The van der Waals surface area contributed by atoms with E-state index in [1.54, 1.807) is 0 Å². The maximum atomic E-state index is 11.6. The van der Waals surface area contributed by atoms with Crippen molar-refractivity contribution in [1.29, 1.82) is 0 Å². The van der Waals surface area contributed by atoms with Crippen molar-refractivity contribution in [2.45, 2.75) is 118 Å². The molecule has 0 rings (SSSR count). The van der Waals surface area contributed by atoms with Gasteiger partial charge in [0, 0.05) is 6.42 Å². The zero-order chi connectivity index (χ0) is 17.4. The third-order valence-corrected chi connectivity index (χ3v) is 4.32. The summed E-state index contributed by atoms with van der Waals surface area (Å²) in [7, 11) is 0. The van der Waals surface area contributed by atoms with Gasteiger partial charge in [-0.1, -0.05) is 91.9 Å². The molecule has 0 saturated carbocycles. The van der Waals surface area contributed by atoms with Crippen LogP contribution in [-0.4, -0.2) is 12.6 Å². The van der Waals surface area contributed by atoms with Crippen LogP contribution >= 0.6 is 0 Å². The minimum atomic E-state index is 0.00582. The summed E-state index contributed by atoms with van der Waals surface area (Å²) in [5.74, 6) is 0.00582. The van der Waals surface area contributed by atoms with E-state index in [9.17, 15) is 4.79 Å². The second kappa shape index (κ2) is 15.0. The lowest BCUT2D eigenvalue weighted by molar-refractivity contribution is -0.143. The Labute approximate surface area is 145 Å². The van der Waals surface area contributed by atoms with Crippen molar-refractivity contribution in [2.75, 3.05) is 6.61 Å². The zero-order valence-electron chi connectivity index (χ0n) is 16.4. The lowest BCUT2D eigenvalue weighted by Crippen LogP contribution is -2.06. The average molecular weight is 327 g/mol. The predicted octanol–water partition coefficient (Wildman–Crippen LogP) is 7.06. The Hall–Kier alpha value is -0.530. The molecule has 0 radical (unpaired) electrons. The third-order valence-electron chi connectivity index (χ3n) is 4.32. The van der Waals surface area contributed by atoms with Gasteiger partial charge in [-0.05, 0) is 24.7 Å². The first-order valence-corrected chi connectivity index (χ1v) is 10.1. The van der Waals surface area contributed by atoms with E-state index in [1.807, 2.05) is 0 Å². The Kier molecular flexibility index (Phi) is 14.7. The van der Waals surface area contributed by atoms with Gasteiger partial charge in [-0.25, -0.2) is 0 Å². The maximum Gasteiger partial charge on any atom is 0.305 e. The van der Waals surface area contributed by atoms with E-state index in [0.717, 1.165) is 12.8 Å². The number of ether oxygens (including phenoxy) is 1. The topological polar surface area (TPSA) is 26.3 Å². The van der Waals surface area contributed by atoms with Gasteiger partial charge in [0.2, 0.25) is 0 Å². The molecular formula is C21H42O2. The van der Waals surface area contributed by atoms with Crippen molar-refractivity contribution < 1.29 is 9.53 Å². The van der Waals surface area contributed by atoms with Crippen LogP contribution < -0.4 is 0 Å². The Morgan fingerprint density at radius 3 is 1.87 bits per heavy atom. The standard InChI is InChI=1S/C21H42O2/c1-5-6-7-8-9-11-14-17-20(22)23-19-16-13-10-12-15-18-21(2,3)4/h5-19H2,1-4H3. The molecule has 0 unspecified atom stereocenters. The summed E-state index contributed by atoms with van der Waals surface area (Å²) in [6, 6.07) is 0. The second-order valence-electron chi connectivity index (χ2n) is 8.17. The number of rotatable bonds is 15. The predicted molar refractivity (Wildman–Crippen MR) is 101 cm³/mol. The van der Waals surface area contributed by atoms with E-state index in [1.165, 1.54) is 70.6 Å². The van der Waals surface area contributed by atoms with Gasteiger partial charge in [0.1, 0.15) is 0 Å². The van der Waals surface area contributed by atoms with Crippen LogP contribution in [0.2, 0.25) is 0 Å². The fourth-order valence-corrected chi connectivity index (χ4v) is 2.77. The van der Waals surface area contributed by atoms with Gasteiger partial charge in [0.05, 0.1) is 6.61 Å². The molecule has 0 fully saturated rings. The fraction of sp³-hybridized carbons (Fsp3) is 0.952. The molecule has 0 amide bonds. The second-order valence-corrected chi connectivity index (χ2v) is 8.17. The van der Waals surface area contributed by atoms with Crippen LogP contribution in [0.1, 0.15) is 118 Å². The van der Waals surface area contributed by atoms with Crippen LogP contribution in [0, 0.1) is 5.41 Å². The molecule has 0 aromatic rings. The smallest absolute Gasteiger partial charge is 0.305 e. The van der Waals surface area contributed by atoms with E-state index in [2.05, 4.69) is 27.7 Å². The van der Waals surface area contributed by atoms with E-state index in [-0.39, 0.29) is 5.97 Å². The molecule has 0 aliphatic heterocycles. The molecule has 0 aromatic carbocycles. The number of carbonyl (C=O) groups is 1. The summed E-state index contributed by atoms with van der Waals surface area (Å²) in [6.07, 6.45) is 16.8. The number of unbranched alkanes of at least 4 members (excludes halogenated alkanes) is 10. The molecule has 138 valence electrons. The fourth-order valence-electron chi connectivity index (χ4n) is 2.77. The first-order valence-electron chi connectivity index (χ1n) is 10.1. The van der Waals surface area contributed by atoms with Gasteiger partial charge in [-0.3, -0.25) is 4.79 Å². The molecule has 0 N–H and O–H groups in total. The number of esters is 1. The van der Waals surface area contributed by atoms with Gasteiger partial charge in [-0.15, -0.1) is 0 Å². The Morgan fingerprint density at radius 2 is 1.26 bits per heavy atom. The normalized spacial score (nSPS) is 11.7. The molecule has 0 aliphatic rings. The maximum absolute atomic E-state index is 11.6. The van der Waals surface area contributed by atoms with E-state index < -0.39 is 0 Å². The molecule has 0 aromatic heterocycles. The molecule has 0 atom stereocenters. The molecule has 23 heavy (non-hydrogen) atoms. The van der Waals surface area contributed by atoms with Crippen LogP contribution in [0.3, 0.4) is 0 Å². The van der Waals surface area contributed by atoms with Crippen LogP contribution in [-0.2, 0) is 9.53 Å². The van der Waals surface area contributed by atoms with Crippen molar-refractivity contribution in [1.82, 2.24) is 0 Å². The highest BCUT2D eigenvalue weighted by Crippen LogP contribution is 2.22. The van der Waals surface area contributed by atoms with Gasteiger partial charge < -0.3 is 4.74 Å². The van der Waals surface area contributed by atoms with Crippen molar-refractivity contribution >= 4 is 5.97 Å². The van der Waals surface area contributed by atoms with Crippen LogP contribution in [0.25, 0.3) is 0 Å². The summed E-state index contributed by atoms with van der Waals surface area (Å²) >= 11 is 0. The molecule has 0 aliphatic carbocycles. The minimum Gasteiger partial charge on any atom is -0.466 e. The first kappa shape index (κ1) is 22.5. The molecule has 0 heterocycles. The summed E-state index contributed by atoms with van der Waals surface area (Å²) in [6.45, 7) is 9.77. The Balaban J connectivity index is 3.21. The van der Waals surface area contributed by atoms with Crippen LogP contribution in [0.5, 0.6) is 0 Å². The van der Waals surface area contributed by atoms with Crippen LogP contribution in [0.15, 0.2) is 0 Å².